The molecule has 9 nitrogen and oxygen atoms in total. The first-order valence-corrected chi connectivity index (χ1v) is 13.2. The molecule has 4 rings (SSSR count). The standard InChI is InChI=1S/C23H29ClN4O5S.ClH/c1-2-33-22(29)16-26-9-11-27(12-10-26)23(30)21-15-28(8-7-25-21)34(31,32)20-6-4-17-13-19(24)5-3-18(17)14-20;/h3-6,13-14,21,25H,2,7-12,15-16H2,1H3;1H. The minimum atomic E-state index is -3.76. The van der Waals surface area contributed by atoms with Crippen molar-refractivity contribution in [3.8, 4) is 0 Å². The Morgan fingerprint density at radius 1 is 1.06 bits per heavy atom. The van der Waals surface area contributed by atoms with Gasteiger partial charge in [-0.05, 0) is 42.0 Å². The smallest absolute Gasteiger partial charge is 0.320 e. The number of carbonyl (C=O) groups excluding carboxylic acids is 2. The monoisotopic (exact) mass is 544 g/mol. The van der Waals surface area contributed by atoms with E-state index in [1.165, 1.54) is 4.31 Å². The van der Waals surface area contributed by atoms with Crippen LogP contribution in [0.1, 0.15) is 6.92 Å². The van der Waals surface area contributed by atoms with Crippen LogP contribution in [0.2, 0.25) is 5.02 Å². The van der Waals surface area contributed by atoms with E-state index in [0.29, 0.717) is 44.4 Å². The van der Waals surface area contributed by atoms with Gasteiger partial charge in [0.2, 0.25) is 15.9 Å². The minimum absolute atomic E-state index is 0. The molecule has 1 unspecified atom stereocenters. The summed E-state index contributed by atoms with van der Waals surface area (Å²) in [6.07, 6.45) is 0. The van der Waals surface area contributed by atoms with Crippen molar-refractivity contribution in [2.75, 3.05) is 59.0 Å². The lowest BCUT2D eigenvalue weighted by Crippen LogP contribution is -2.61. The molecule has 0 radical (unpaired) electrons. The number of hydrogen-bond donors (Lipinski definition) is 1. The minimum Gasteiger partial charge on any atom is -0.465 e. The number of fused-ring (bicyclic) bond motifs is 1. The van der Waals surface area contributed by atoms with Crippen LogP contribution in [0, 0.1) is 0 Å². The van der Waals surface area contributed by atoms with Gasteiger partial charge in [0.1, 0.15) is 6.04 Å². The van der Waals surface area contributed by atoms with E-state index < -0.39 is 16.1 Å². The summed E-state index contributed by atoms with van der Waals surface area (Å²) in [6, 6.07) is 9.67. The lowest BCUT2D eigenvalue weighted by atomic mass is 10.1. The molecule has 1 atom stereocenters. The molecule has 2 aromatic rings. The predicted octanol–water partition coefficient (Wildman–Crippen LogP) is 1.58. The number of sulfonamides is 1. The second-order valence-corrected chi connectivity index (χ2v) is 10.8. The number of rotatable bonds is 6. The van der Waals surface area contributed by atoms with E-state index in [-0.39, 0.29) is 48.8 Å². The molecule has 35 heavy (non-hydrogen) atoms. The number of amides is 1. The van der Waals surface area contributed by atoms with Crippen LogP contribution in [0.3, 0.4) is 0 Å². The molecule has 2 heterocycles. The van der Waals surface area contributed by atoms with Crippen LogP contribution in [0.25, 0.3) is 10.8 Å². The van der Waals surface area contributed by atoms with Crippen molar-refractivity contribution in [3.05, 3.63) is 41.4 Å². The predicted molar refractivity (Wildman–Crippen MR) is 136 cm³/mol. The summed E-state index contributed by atoms with van der Waals surface area (Å²) in [5.74, 6) is -0.391. The van der Waals surface area contributed by atoms with E-state index in [1.54, 1.807) is 48.2 Å². The zero-order valence-corrected chi connectivity index (χ0v) is 21.9. The van der Waals surface area contributed by atoms with Crippen molar-refractivity contribution in [2.24, 2.45) is 0 Å². The average molecular weight is 545 g/mol. The molecule has 0 bridgehead atoms. The summed E-state index contributed by atoms with van der Waals surface area (Å²) in [7, 11) is -3.76. The first-order chi connectivity index (χ1) is 16.3. The molecule has 1 amide bonds. The van der Waals surface area contributed by atoms with Crippen molar-refractivity contribution in [2.45, 2.75) is 17.9 Å². The number of piperazine rings is 2. The highest BCUT2D eigenvalue weighted by Crippen LogP contribution is 2.25. The third-order valence-electron chi connectivity index (χ3n) is 6.19. The number of hydrogen-bond acceptors (Lipinski definition) is 7. The Balaban J connectivity index is 0.00000342. The van der Waals surface area contributed by atoms with Gasteiger partial charge in [-0.25, -0.2) is 8.42 Å². The molecule has 192 valence electrons. The van der Waals surface area contributed by atoms with Crippen molar-refractivity contribution >= 4 is 56.7 Å². The number of halogens is 2. The topological polar surface area (TPSA) is 99.3 Å². The number of ether oxygens (including phenoxy) is 1. The molecule has 1 N–H and O–H groups in total. The summed E-state index contributed by atoms with van der Waals surface area (Å²) in [6.45, 7) is 5.18. The van der Waals surface area contributed by atoms with E-state index in [9.17, 15) is 18.0 Å². The van der Waals surface area contributed by atoms with E-state index in [2.05, 4.69) is 5.32 Å². The molecule has 2 aliphatic heterocycles. The van der Waals surface area contributed by atoms with E-state index in [4.69, 9.17) is 16.3 Å². The van der Waals surface area contributed by atoms with Crippen LogP contribution in [0.5, 0.6) is 0 Å². The Morgan fingerprint density at radius 2 is 1.74 bits per heavy atom. The third-order valence-corrected chi connectivity index (χ3v) is 8.29. The van der Waals surface area contributed by atoms with E-state index in [0.717, 1.165) is 10.8 Å². The number of esters is 1. The van der Waals surface area contributed by atoms with Crippen LogP contribution < -0.4 is 5.32 Å². The maximum atomic E-state index is 13.3. The molecule has 0 spiro atoms. The first kappa shape index (κ1) is 27.6. The van der Waals surface area contributed by atoms with Crippen LogP contribution in [-0.2, 0) is 24.3 Å². The Labute approximate surface area is 216 Å². The summed E-state index contributed by atoms with van der Waals surface area (Å²) in [5.41, 5.74) is 0. The first-order valence-electron chi connectivity index (χ1n) is 11.4. The van der Waals surface area contributed by atoms with E-state index >= 15 is 0 Å². The summed E-state index contributed by atoms with van der Waals surface area (Å²) in [5, 5.41) is 5.41. The van der Waals surface area contributed by atoms with Crippen LogP contribution in [-0.4, -0.2) is 99.4 Å². The van der Waals surface area contributed by atoms with Gasteiger partial charge in [-0.3, -0.25) is 14.5 Å². The molecule has 12 heteroatoms. The zero-order chi connectivity index (χ0) is 24.3. The molecular formula is C23H30Cl2N4O5S. The van der Waals surface area contributed by atoms with Gasteiger partial charge in [-0.1, -0.05) is 23.7 Å². The van der Waals surface area contributed by atoms with Crippen LogP contribution >= 0.6 is 24.0 Å². The normalized spacial score (nSPS) is 19.8. The zero-order valence-electron chi connectivity index (χ0n) is 19.5. The van der Waals surface area contributed by atoms with Gasteiger partial charge in [-0.15, -0.1) is 12.4 Å². The molecular weight excluding hydrogens is 515 g/mol. The molecule has 0 aromatic heterocycles. The fourth-order valence-corrected chi connectivity index (χ4v) is 6.02. The molecule has 2 fully saturated rings. The highest BCUT2D eigenvalue weighted by Gasteiger charge is 2.36. The number of nitrogens with one attached hydrogen (secondary N) is 1. The fraction of sp³-hybridized carbons (Fsp3) is 0.478. The maximum absolute atomic E-state index is 13.3. The van der Waals surface area contributed by atoms with Crippen molar-refractivity contribution in [1.82, 2.24) is 19.4 Å². The van der Waals surface area contributed by atoms with Crippen LogP contribution in [0.15, 0.2) is 41.3 Å². The third kappa shape index (κ3) is 6.44. The Kier molecular flexibility index (Phi) is 9.36. The van der Waals surface area contributed by atoms with Gasteiger partial charge in [-0.2, -0.15) is 4.31 Å². The van der Waals surface area contributed by atoms with E-state index in [1.807, 2.05) is 4.90 Å². The van der Waals surface area contributed by atoms with Gasteiger partial charge >= 0.3 is 5.97 Å². The quantitative estimate of drug-likeness (QED) is 0.551. The molecule has 0 aliphatic carbocycles. The highest BCUT2D eigenvalue weighted by molar-refractivity contribution is 7.89. The van der Waals surface area contributed by atoms with Gasteiger partial charge in [0.25, 0.3) is 0 Å². The van der Waals surface area contributed by atoms with Gasteiger partial charge in [0.05, 0.1) is 18.0 Å². The summed E-state index contributed by atoms with van der Waals surface area (Å²) < 4.78 is 33.0. The van der Waals surface area contributed by atoms with Gasteiger partial charge in [0, 0.05) is 50.8 Å². The van der Waals surface area contributed by atoms with Gasteiger partial charge < -0.3 is 15.0 Å². The fourth-order valence-electron chi connectivity index (χ4n) is 4.35. The second-order valence-electron chi connectivity index (χ2n) is 8.43. The number of carbonyl (C=O) groups is 2. The highest BCUT2D eigenvalue weighted by atomic mass is 35.5. The Hall–Kier alpha value is -1.95. The largest absolute Gasteiger partial charge is 0.465 e. The maximum Gasteiger partial charge on any atom is 0.320 e. The molecule has 0 saturated carbocycles. The van der Waals surface area contributed by atoms with Crippen molar-refractivity contribution in [1.29, 1.82) is 0 Å². The number of nitrogens with zero attached hydrogens (tertiary/aromatic N) is 3. The molecule has 2 aromatic carbocycles. The second kappa shape index (κ2) is 11.9. The number of benzene rings is 2. The molecule has 2 aliphatic rings. The SMILES string of the molecule is CCOC(=O)CN1CCN(C(=O)C2CN(S(=O)(=O)c3ccc4cc(Cl)ccc4c3)CCN2)CC1.Cl. The van der Waals surface area contributed by atoms with Crippen molar-refractivity contribution < 1.29 is 22.7 Å². The lowest BCUT2D eigenvalue weighted by molar-refractivity contribution is -0.145. The molecule has 2 saturated heterocycles. The Morgan fingerprint density at radius 3 is 2.46 bits per heavy atom. The van der Waals surface area contributed by atoms with Gasteiger partial charge in [0.15, 0.2) is 0 Å². The lowest BCUT2D eigenvalue weighted by Gasteiger charge is -2.38. The van der Waals surface area contributed by atoms with Crippen LogP contribution in [0.4, 0.5) is 0 Å². The summed E-state index contributed by atoms with van der Waals surface area (Å²) in [4.78, 5) is 28.7. The average Bonchev–Trinajstić information content (AvgIpc) is 2.84. The van der Waals surface area contributed by atoms with Crippen molar-refractivity contribution in [3.63, 3.8) is 0 Å². The Bertz CT molecular complexity index is 1170. The summed E-state index contributed by atoms with van der Waals surface area (Å²) >= 11 is 6.03.